The molecule has 1 aliphatic rings. The second kappa shape index (κ2) is 5.92. The van der Waals surface area contributed by atoms with Gasteiger partial charge in [-0.3, -0.25) is 4.79 Å². The zero-order valence-corrected chi connectivity index (χ0v) is 11.3. The molecule has 0 radical (unpaired) electrons. The van der Waals surface area contributed by atoms with Crippen molar-refractivity contribution >= 4 is 23.3 Å². The largest absolute Gasteiger partial charge is 0.478 e. The van der Waals surface area contributed by atoms with Gasteiger partial charge in [0.15, 0.2) is 0 Å². The van der Waals surface area contributed by atoms with Crippen LogP contribution in [0.1, 0.15) is 30.1 Å². The molecule has 0 aromatic heterocycles. The van der Waals surface area contributed by atoms with Gasteiger partial charge >= 0.3 is 5.97 Å². The molecule has 20 heavy (non-hydrogen) atoms. The molecule has 6 nitrogen and oxygen atoms in total. The van der Waals surface area contributed by atoms with Crippen molar-refractivity contribution in [1.29, 1.82) is 0 Å². The van der Waals surface area contributed by atoms with Gasteiger partial charge in [-0.15, -0.1) is 0 Å². The average Bonchev–Trinajstić information content (AvgIpc) is 2.86. The zero-order chi connectivity index (χ0) is 14.7. The highest BCUT2D eigenvalue weighted by Gasteiger charge is 2.33. The normalized spacial score (nSPS) is 21.6. The molecule has 0 spiro atoms. The molecule has 2 unspecified atom stereocenters. The quantitative estimate of drug-likeness (QED) is 0.728. The summed E-state index contributed by atoms with van der Waals surface area (Å²) in [5, 5.41) is 11.8. The molecule has 108 valence electrons. The number of hydrogen-bond acceptors (Lipinski definition) is 4. The molecule has 1 fully saturated rings. The molecule has 1 aliphatic heterocycles. The average molecular weight is 278 g/mol. The molecule has 0 bridgehead atoms. The number of amides is 1. The fourth-order valence-electron chi connectivity index (χ4n) is 2.43. The van der Waals surface area contributed by atoms with E-state index in [-0.39, 0.29) is 29.2 Å². The van der Waals surface area contributed by atoms with Crippen LogP contribution in [0.5, 0.6) is 0 Å². The van der Waals surface area contributed by atoms with Crippen molar-refractivity contribution in [3.63, 3.8) is 0 Å². The SMILES string of the molecule is CCC1OCCC1C(=O)Nc1cc(N)ccc1C(=O)O. The van der Waals surface area contributed by atoms with E-state index in [1.54, 1.807) is 0 Å². The van der Waals surface area contributed by atoms with Gasteiger partial charge in [0.2, 0.25) is 5.91 Å². The van der Waals surface area contributed by atoms with Crippen molar-refractivity contribution < 1.29 is 19.4 Å². The molecule has 0 aliphatic carbocycles. The van der Waals surface area contributed by atoms with Crippen LogP contribution in [0, 0.1) is 5.92 Å². The number of nitrogens with one attached hydrogen (secondary N) is 1. The highest BCUT2D eigenvalue weighted by molar-refractivity contribution is 6.02. The highest BCUT2D eigenvalue weighted by Crippen LogP contribution is 2.26. The lowest BCUT2D eigenvalue weighted by Crippen LogP contribution is -2.29. The Bertz CT molecular complexity index is 530. The molecular weight excluding hydrogens is 260 g/mol. The Kier molecular flexibility index (Phi) is 4.24. The standard InChI is InChI=1S/C14H18N2O4/c1-2-12-10(5-6-20-12)13(17)16-11-7-8(15)3-4-9(11)14(18)19/h3-4,7,10,12H,2,5-6,15H2,1H3,(H,16,17)(H,18,19). The molecule has 6 heteroatoms. The van der Waals surface area contributed by atoms with Crippen LogP contribution in [-0.2, 0) is 9.53 Å². The van der Waals surface area contributed by atoms with Crippen LogP contribution in [0.2, 0.25) is 0 Å². The van der Waals surface area contributed by atoms with E-state index >= 15 is 0 Å². The maximum Gasteiger partial charge on any atom is 0.337 e. The topological polar surface area (TPSA) is 102 Å². The summed E-state index contributed by atoms with van der Waals surface area (Å²) in [5.74, 6) is -1.57. The monoisotopic (exact) mass is 278 g/mol. The van der Waals surface area contributed by atoms with Crippen molar-refractivity contribution in [1.82, 2.24) is 0 Å². The first-order valence-corrected chi connectivity index (χ1v) is 6.58. The summed E-state index contributed by atoms with van der Waals surface area (Å²) in [5.41, 5.74) is 6.30. The zero-order valence-electron chi connectivity index (χ0n) is 11.3. The van der Waals surface area contributed by atoms with Crippen molar-refractivity contribution in [2.45, 2.75) is 25.9 Å². The Morgan fingerprint density at radius 3 is 2.90 bits per heavy atom. The molecule has 1 amide bonds. The molecule has 2 atom stereocenters. The third kappa shape index (κ3) is 2.91. The second-order valence-corrected chi connectivity index (χ2v) is 4.81. The minimum atomic E-state index is -1.10. The Balaban J connectivity index is 2.19. The minimum Gasteiger partial charge on any atom is -0.478 e. The molecule has 4 N–H and O–H groups in total. The Hall–Kier alpha value is -2.08. The number of aromatic carboxylic acids is 1. The molecule has 2 rings (SSSR count). The summed E-state index contributed by atoms with van der Waals surface area (Å²) >= 11 is 0. The number of benzene rings is 1. The summed E-state index contributed by atoms with van der Waals surface area (Å²) in [6.07, 6.45) is 1.29. The number of ether oxygens (including phenoxy) is 1. The first-order chi connectivity index (χ1) is 9.52. The van der Waals surface area contributed by atoms with E-state index in [1.807, 2.05) is 6.92 Å². The summed E-state index contributed by atoms with van der Waals surface area (Å²) in [6, 6.07) is 4.33. The van der Waals surface area contributed by atoms with E-state index in [1.165, 1.54) is 18.2 Å². The lowest BCUT2D eigenvalue weighted by atomic mass is 9.98. The fraction of sp³-hybridized carbons (Fsp3) is 0.429. The van der Waals surface area contributed by atoms with Gasteiger partial charge < -0.3 is 20.9 Å². The Morgan fingerprint density at radius 2 is 2.25 bits per heavy atom. The number of carbonyl (C=O) groups is 2. The maximum absolute atomic E-state index is 12.2. The number of hydrogen-bond donors (Lipinski definition) is 3. The van der Waals surface area contributed by atoms with Gasteiger partial charge in [-0.25, -0.2) is 4.79 Å². The molecule has 1 heterocycles. The predicted octanol–water partition coefficient (Wildman–Crippen LogP) is 1.72. The molecule has 1 aromatic rings. The third-order valence-corrected chi connectivity index (χ3v) is 3.48. The number of rotatable bonds is 4. The van der Waals surface area contributed by atoms with Crippen LogP contribution in [-0.4, -0.2) is 29.7 Å². The van der Waals surface area contributed by atoms with Crippen LogP contribution in [0.3, 0.4) is 0 Å². The van der Waals surface area contributed by atoms with Gasteiger partial charge in [-0.2, -0.15) is 0 Å². The number of carbonyl (C=O) groups excluding carboxylic acids is 1. The smallest absolute Gasteiger partial charge is 0.337 e. The van der Waals surface area contributed by atoms with E-state index in [0.29, 0.717) is 18.7 Å². The Morgan fingerprint density at radius 1 is 1.50 bits per heavy atom. The van der Waals surface area contributed by atoms with Crippen LogP contribution >= 0.6 is 0 Å². The Labute approximate surface area is 116 Å². The summed E-state index contributed by atoms with van der Waals surface area (Å²) < 4.78 is 5.47. The van der Waals surface area contributed by atoms with Crippen molar-refractivity contribution in [3.8, 4) is 0 Å². The first-order valence-electron chi connectivity index (χ1n) is 6.58. The third-order valence-electron chi connectivity index (χ3n) is 3.48. The van der Waals surface area contributed by atoms with Gasteiger partial charge in [-0.1, -0.05) is 6.92 Å². The predicted molar refractivity (Wildman–Crippen MR) is 74.6 cm³/mol. The van der Waals surface area contributed by atoms with Gasteiger partial charge in [0, 0.05) is 12.3 Å². The molecule has 1 aromatic carbocycles. The highest BCUT2D eigenvalue weighted by atomic mass is 16.5. The number of carboxylic acids is 1. The van der Waals surface area contributed by atoms with E-state index in [9.17, 15) is 9.59 Å². The summed E-state index contributed by atoms with van der Waals surface area (Å²) in [6.45, 7) is 2.51. The number of carboxylic acid groups (broad SMARTS) is 1. The van der Waals surface area contributed by atoms with E-state index in [0.717, 1.165) is 6.42 Å². The molecule has 1 saturated heterocycles. The van der Waals surface area contributed by atoms with E-state index < -0.39 is 5.97 Å². The second-order valence-electron chi connectivity index (χ2n) is 4.81. The fourth-order valence-corrected chi connectivity index (χ4v) is 2.43. The van der Waals surface area contributed by atoms with Crippen molar-refractivity contribution in [2.75, 3.05) is 17.7 Å². The molecular formula is C14H18N2O4. The summed E-state index contributed by atoms with van der Waals surface area (Å²) in [7, 11) is 0. The number of nitrogen functional groups attached to an aromatic ring is 1. The van der Waals surface area contributed by atoms with Gasteiger partial charge in [0.25, 0.3) is 0 Å². The van der Waals surface area contributed by atoms with E-state index in [4.69, 9.17) is 15.6 Å². The van der Waals surface area contributed by atoms with Crippen molar-refractivity contribution in [2.24, 2.45) is 5.92 Å². The summed E-state index contributed by atoms with van der Waals surface area (Å²) in [4.78, 5) is 23.4. The lowest BCUT2D eigenvalue weighted by molar-refractivity contribution is -0.121. The number of nitrogens with two attached hydrogens (primary N) is 1. The van der Waals surface area contributed by atoms with Crippen LogP contribution < -0.4 is 11.1 Å². The maximum atomic E-state index is 12.2. The van der Waals surface area contributed by atoms with Crippen LogP contribution in [0.4, 0.5) is 11.4 Å². The van der Waals surface area contributed by atoms with Gasteiger partial charge in [-0.05, 0) is 31.0 Å². The number of anilines is 2. The van der Waals surface area contributed by atoms with E-state index in [2.05, 4.69) is 5.32 Å². The van der Waals surface area contributed by atoms with Gasteiger partial charge in [0.05, 0.1) is 23.3 Å². The van der Waals surface area contributed by atoms with Crippen molar-refractivity contribution in [3.05, 3.63) is 23.8 Å². The lowest BCUT2D eigenvalue weighted by Gasteiger charge is -2.17. The van der Waals surface area contributed by atoms with Crippen LogP contribution in [0.25, 0.3) is 0 Å². The van der Waals surface area contributed by atoms with Crippen LogP contribution in [0.15, 0.2) is 18.2 Å². The van der Waals surface area contributed by atoms with Gasteiger partial charge in [0.1, 0.15) is 0 Å². The first kappa shape index (κ1) is 14.3. The molecule has 0 saturated carbocycles. The minimum absolute atomic E-state index is 0.0273.